The van der Waals surface area contributed by atoms with Gasteiger partial charge in [0.05, 0.1) is 7.11 Å². The van der Waals surface area contributed by atoms with Gasteiger partial charge in [0.2, 0.25) is 0 Å². The topological polar surface area (TPSA) is 49.4 Å². The number of aryl methyl sites for hydroxylation is 1. The minimum absolute atomic E-state index is 0. The predicted octanol–water partition coefficient (Wildman–Crippen LogP) is -1.75. The molecule has 0 aromatic heterocycles. The Morgan fingerprint density at radius 3 is 2.46 bits per heavy atom. The average molecular weight is 224 g/mol. The molecule has 0 amide bonds. The zero-order chi connectivity index (χ0) is 9.14. The molecule has 0 saturated heterocycles. The number of hydrogen-bond acceptors (Lipinski definition) is 3. The van der Waals surface area contributed by atoms with Crippen molar-refractivity contribution in [1.82, 2.24) is 0 Å². The van der Waals surface area contributed by atoms with Gasteiger partial charge in [0.1, 0.15) is 5.75 Å². The summed E-state index contributed by atoms with van der Waals surface area (Å²) in [7, 11) is 1.54. The molecule has 1 aromatic carbocycles. The van der Waals surface area contributed by atoms with Crippen LogP contribution >= 0.6 is 0 Å². The van der Waals surface area contributed by atoms with E-state index in [4.69, 9.17) is 4.74 Å². The average Bonchev–Trinajstić information content (AvgIpc) is 2.03. The summed E-state index contributed by atoms with van der Waals surface area (Å²) in [6, 6.07) is 4.83. The van der Waals surface area contributed by atoms with Crippen molar-refractivity contribution < 1.29 is 64.9 Å². The summed E-state index contributed by atoms with van der Waals surface area (Å²) in [4.78, 5) is 0.316. The molecule has 1 atom stereocenters. The first-order chi connectivity index (χ1) is 5.65. The standard InChI is InChI=1S/C8H10O3S.K/c1-6-5-7(11-2)3-4-8(6)12(9)10;/h3-5H,1-2H3,(H,9,10);/q;+1/p-1. The maximum Gasteiger partial charge on any atom is 1.00 e. The van der Waals surface area contributed by atoms with Gasteiger partial charge in [0.15, 0.2) is 0 Å². The Bertz CT molecular complexity index is 314. The summed E-state index contributed by atoms with van der Waals surface area (Å²) in [5, 5.41) is 0. The van der Waals surface area contributed by atoms with E-state index in [0.29, 0.717) is 16.2 Å². The SMILES string of the molecule is COc1ccc(S(=O)[O-])c(C)c1.[K+]. The molecule has 0 N–H and O–H groups in total. The minimum atomic E-state index is -2.16. The van der Waals surface area contributed by atoms with Crippen LogP contribution in [-0.4, -0.2) is 15.9 Å². The van der Waals surface area contributed by atoms with Crippen LogP contribution in [0.1, 0.15) is 5.56 Å². The first kappa shape index (κ1) is 13.8. The van der Waals surface area contributed by atoms with E-state index < -0.39 is 11.1 Å². The van der Waals surface area contributed by atoms with E-state index in [2.05, 4.69) is 0 Å². The monoisotopic (exact) mass is 224 g/mol. The van der Waals surface area contributed by atoms with E-state index >= 15 is 0 Å². The van der Waals surface area contributed by atoms with E-state index in [0.717, 1.165) is 0 Å². The first-order valence-electron chi connectivity index (χ1n) is 3.39. The van der Waals surface area contributed by atoms with Gasteiger partial charge < -0.3 is 9.29 Å². The molecule has 13 heavy (non-hydrogen) atoms. The number of ether oxygens (including phenoxy) is 1. The van der Waals surface area contributed by atoms with Crippen LogP contribution in [0, 0.1) is 6.92 Å². The molecule has 1 aromatic rings. The van der Waals surface area contributed by atoms with Crippen LogP contribution in [0.25, 0.3) is 0 Å². The van der Waals surface area contributed by atoms with Crippen molar-refractivity contribution in [1.29, 1.82) is 0 Å². The second kappa shape index (κ2) is 6.29. The van der Waals surface area contributed by atoms with Gasteiger partial charge in [0.25, 0.3) is 0 Å². The molecule has 0 aliphatic carbocycles. The Labute approximate surface area is 123 Å². The van der Waals surface area contributed by atoms with Gasteiger partial charge >= 0.3 is 51.4 Å². The van der Waals surface area contributed by atoms with Crippen molar-refractivity contribution in [2.24, 2.45) is 0 Å². The molecule has 1 rings (SSSR count). The third-order valence-electron chi connectivity index (χ3n) is 1.56. The Balaban J connectivity index is 0.00000144. The summed E-state index contributed by atoms with van der Waals surface area (Å²) in [5.41, 5.74) is 0.697. The molecule has 3 nitrogen and oxygen atoms in total. The van der Waals surface area contributed by atoms with E-state index in [-0.39, 0.29) is 51.4 Å². The van der Waals surface area contributed by atoms with E-state index in [1.165, 1.54) is 6.07 Å². The van der Waals surface area contributed by atoms with E-state index in [9.17, 15) is 8.76 Å². The zero-order valence-corrected chi connectivity index (χ0v) is 11.8. The van der Waals surface area contributed by atoms with Crippen molar-refractivity contribution in [2.75, 3.05) is 7.11 Å². The van der Waals surface area contributed by atoms with Crippen LogP contribution in [0.2, 0.25) is 0 Å². The third-order valence-corrected chi connectivity index (χ3v) is 2.38. The van der Waals surface area contributed by atoms with Gasteiger partial charge in [0, 0.05) is 4.90 Å². The number of rotatable bonds is 2. The van der Waals surface area contributed by atoms with Crippen molar-refractivity contribution in [2.45, 2.75) is 11.8 Å². The van der Waals surface area contributed by atoms with Gasteiger partial charge in [-0.15, -0.1) is 0 Å². The molecule has 0 aliphatic rings. The Morgan fingerprint density at radius 1 is 1.46 bits per heavy atom. The number of benzene rings is 1. The van der Waals surface area contributed by atoms with Gasteiger partial charge in [-0.2, -0.15) is 0 Å². The fourth-order valence-corrected chi connectivity index (χ4v) is 1.44. The number of methoxy groups -OCH3 is 1. The number of hydrogen-bond donors (Lipinski definition) is 0. The van der Waals surface area contributed by atoms with Gasteiger partial charge in [-0.1, -0.05) is 0 Å². The molecule has 66 valence electrons. The molecule has 0 heterocycles. The van der Waals surface area contributed by atoms with Gasteiger partial charge in [-0.05, 0) is 41.8 Å². The van der Waals surface area contributed by atoms with Crippen LogP contribution in [0.15, 0.2) is 23.1 Å². The van der Waals surface area contributed by atoms with Crippen LogP contribution in [-0.2, 0) is 11.1 Å². The summed E-state index contributed by atoms with van der Waals surface area (Å²) >= 11 is -2.16. The summed E-state index contributed by atoms with van der Waals surface area (Å²) in [5.74, 6) is 0.668. The minimum Gasteiger partial charge on any atom is -0.768 e. The third kappa shape index (κ3) is 3.79. The van der Waals surface area contributed by atoms with Crippen LogP contribution in [0.3, 0.4) is 0 Å². The maximum atomic E-state index is 10.6. The second-order valence-electron chi connectivity index (χ2n) is 2.37. The summed E-state index contributed by atoms with van der Waals surface area (Å²) < 4.78 is 26.1. The van der Waals surface area contributed by atoms with Crippen LogP contribution < -0.4 is 56.1 Å². The Kier molecular flexibility index (Phi) is 6.66. The summed E-state index contributed by atoms with van der Waals surface area (Å²) in [6.07, 6.45) is 0. The molecule has 0 saturated carbocycles. The maximum absolute atomic E-state index is 10.6. The fourth-order valence-electron chi connectivity index (χ4n) is 0.936. The smallest absolute Gasteiger partial charge is 0.768 e. The van der Waals surface area contributed by atoms with Crippen molar-refractivity contribution in [3.8, 4) is 5.75 Å². The second-order valence-corrected chi connectivity index (χ2v) is 3.28. The molecule has 1 unspecified atom stereocenters. The van der Waals surface area contributed by atoms with Gasteiger partial charge in [-0.25, -0.2) is 0 Å². The van der Waals surface area contributed by atoms with E-state index in [1.807, 2.05) is 0 Å². The van der Waals surface area contributed by atoms with Crippen molar-refractivity contribution >= 4 is 11.1 Å². The Morgan fingerprint density at radius 2 is 2.08 bits per heavy atom. The normalized spacial score (nSPS) is 11.6. The molecule has 0 spiro atoms. The fraction of sp³-hybridized carbons (Fsp3) is 0.250. The zero-order valence-electron chi connectivity index (χ0n) is 7.87. The molecule has 0 bridgehead atoms. The van der Waals surface area contributed by atoms with Gasteiger partial charge in [-0.3, -0.25) is 4.21 Å². The molecule has 5 heteroatoms. The summed E-state index contributed by atoms with van der Waals surface area (Å²) in [6.45, 7) is 1.73. The molecule has 0 fully saturated rings. The Hall–Kier alpha value is 0.766. The van der Waals surface area contributed by atoms with E-state index in [1.54, 1.807) is 26.2 Å². The molecular formula is C8H9KO3S. The van der Waals surface area contributed by atoms with Crippen molar-refractivity contribution in [3.63, 3.8) is 0 Å². The van der Waals surface area contributed by atoms with Crippen LogP contribution in [0.5, 0.6) is 5.75 Å². The first-order valence-corrected chi connectivity index (χ1v) is 4.46. The molecular weight excluding hydrogens is 215 g/mol. The molecule has 0 aliphatic heterocycles. The quantitative estimate of drug-likeness (QED) is 0.442. The molecule has 0 radical (unpaired) electrons. The largest absolute Gasteiger partial charge is 1.00 e. The van der Waals surface area contributed by atoms with Crippen LogP contribution in [0.4, 0.5) is 0 Å². The predicted molar refractivity (Wildman–Crippen MR) is 44.9 cm³/mol. The van der Waals surface area contributed by atoms with Crippen molar-refractivity contribution in [3.05, 3.63) is 23.8 Å².